The summed E-state index contributed by atoms with van der Waals surface area (Å²) >= 11 is 0. The molecule has 0 amide bonds. The first-order valence-electron chi connectivity index (χ1n) is 11.2. The van der Waals surface area contributed by atoms with Crippen LogP contribution in [0.1, 0.15) is 0 Å². The first kappa shape index (κ1) is 21.2. The smallest absolute Gasteiger partial charge is 0.0724 e. The van der Waals surface area contributed by atoms with E-state index in [4.69, 9.17) is 4.74 Å². The Morgan fingerprint density at radius 3 is 1.42 bits per heavy atom. The third-order valence-corrected chi connectivity index (χ3v) is 9.64. The summed E-state index contributed by atoms with van der Waals surface area (Å²) < 4.78 is 5.76. The van der Waals surface area contributed by atoms with E-state index in [2.05, 4.69) is 146 Å². The van der Waals surface area contributed by atoms with Crippen molar-refractivity contribution in [3.63, 3.8) is 0 Å². The highest BCUT2D eigenvalue weighted by Gasteiger charge is 2.27. The van der Waals surface area contributed by atoms with Gasteiger partial charge in [0.15, 0.2) is 0 Å². The molecule has 0 saturated carbocycles. The van der Waals surface area contributed by atoms with Gasteiger partial charge in [-0.25, -0.2) is 0 Å². The molecule has 0 aliphatic rings. The molecule has 0 atom stereocenters. The number of hydrogen-bond acceptors (Lipinski definition) is 2. The Hall–Kier alpha value is -3.61. The maximum absolute atomic E-state index is 5.76. The molecule has 2 nitrogen and oxygen atoms in total. The van der Waals surface area contributed by atoms with E-state index in [-0.39, 0.29) is 0 Å². The first-order chi connectivity index (χ1) is 16.2. The van der Waals surface area contributed by atoms with Crippen molar-refractivity contribution in [1.82, 2.24) is 0 Å². The highest BCUT2D eigenvalue weighted by atomic mass is 31.2. The van der Waals surface area contributed by atoms with Gasteiger partial charge in [-0.2, -0.15) is 0 Å². The molecule has 0 N–H and O–H groups in total. The zero-order valence-corrected chi connectivity index (χ0v) is 19.9. The number of anilines is 1. The number of benzene rings is 5. The van der Waals surface area contributed by atoms with Crippen LogP contribution < -0.4 is 20.8 Å². The molecule has 0 fully saturated rings. The minimum Gasteiger partial charge on any atom is -0.377 e. The molecule has 0 bridgehead atoms. The van der Waals surface area contributed by atoms with Crippen LogP contribution in [0.15, 0.2) is 132 Å². The van der Waals surface area contributed by atoms with Gasteiger partial charge < -0.3 is 4.90 Å². The standard InChI is InChI=1S/C30H27N2P/c1-32(2)29-23-13-15-24-14-12-22-28(30(24)29)31-33(25-16-6-3-7-17-25,26-18-8-4-9-19-26)27-20-10-5-11-21-27/h3-23H,1-2H3. The van der Waals surface area contributed by atoms with E-state index in [1.165, 1.54) is 32.4 Å². The van der Waals surface area contributed by atoms with Crippen LogP contribution in [0, 0.1) is 0 Å². The molecule has 162 valence electrons. The maximum atomic E-state index is 5.76. The molecule has 0 aliphatic carbocycles. The van der Waals surface area contributed by atoms with E-state index >= 15 is 0 Å². The van der Waals surface area contributed by atoms with Gasteiger partial charge in [0.05, 0.1) is 12.7 Å². The molecule has 5 aromatic rings. The molecule has 0 aromatic heterocycles. The van der Waals surface area contributed by atoms with Gasteiger partial charge >= 0.3 is 0 Å². The average molecular weight is 447 g/mol. The quantitative estimate of drug-likeness (QED) is 0.274. The summed E-state index contributed by atoms with van der Waals surface area (Å²) in [4.78, 5) is 2.18. The summed E-state index contributed by atoms with van der Waals surface area (Å²) in [5.74, 6) is 0. The summed E-state index contributed by atoms with van der Waals surface area (Å²) in [5, 5.41) is 6.15. The summed E-state index contributed by atoms with van der Waals surface area (Å²) in [6.45, 7) is 0. The second-order valence-corrected chi connectivity index (χ2v) is 11.3. The molecule has 33 heavy (non-hydrogen) atoms. The molecular formula is C30H27N2P. The topological polar surface area (TPSA) is 15.6 Å². The van der Waals surface area contributed by atoms with E-state index in [0.717, 1.165) is 5.69 Å². The van der Waals surface area contributed by atoms with Crippen LogP contribution in [0.3, 0.4) is 0 Å². The van der Waals surface area contributed by atoms with Gasteiger partial charge in [0, 0.05) is 41.1 Å². The minimum atomic E-state index is -2.32. The van der Waals surface area contributed by atoms with Crippen molar-refractivity contribution < 1.29 is 0 Å². The fraction of sp³-hybridized carbons (Fsp3) is 0.0667. The summed E-state index contributed by atoms with van der Waals surface area (Å²) in [6, 6.07) is 45.3. The van der Waals surface area contributed by atoms with Gasteiger partial charge in [-0.3, -0.25) is 4.74 Å². The van der Waals surface area contributed by atoms with Crippen LogP contribution in [0.4, 0.5) is 11.4 Å². The number of hydrogen-bond donors (Lipinski definition) is 0. The van der Waals surface area contributed by atoms with Crippen molar-refractivity contribution in [3.05, 3.63) is 127 Å². The fourth-order valence-corrected chi connectivity index (χ4v) is 8.01. The van der Waals surface area contributed by atoms with Crippen LogP contribution in [-0.2, 0) is 0 Å². The van der Waals surface area contributed by atoms with Gasteiger partial charge in [0.25, 0.3) is 0 Å². The van der Waals surface area contributed by atoms with Crippen LogP contribution >= 0.6 is 7.05 Å². The Balaban J connectivity index is 1.97. The van der Waals surface area contributed by atoms with E-state index in [1.807, 2.05) is 0 Å². The van der Waals surface area contributed by atoms with Gasteiger partial charge in [0.2, 0.25) is 0 Å². The molecule has 5 aromatic carbocycles. The normalized spacial score (nSPS) is 11.3. The van der Waals surface area contributed by atoms with Crippen molar-refractivity contribution in [3.8, 4) is 0 Å². The predicted molar refractivity (Wildman–Crippen MR) is 146 cm³/mol. The van der Waals surface area contributed by atoms with Crippen molar-refractivity contribution >= 4 is 45.1 Å². The number of rotatable bonds is 5. The van der Waals surface area contributed by atoms with Crippen LogP contribution in [0.5, 0.6) is 0 Å². The molecule has 0 aliphatic heterocycles. The Morgan fingerprint density at radius 1 is 0.515 bits per heavy atom. The van der Waals surface area contributed by atoms with E-state index in [9.17, 15) is 0 Å². The minimum absolute atomic E-state index is 1.03. The zero-order chi connectivity index (χ0) is 22.7. The Morgan fingerprint density at radius 2 is 0.970 bits per heavy atom. The summed E-state index contributed by atoms with van der Waals surface area (Å²) in [5.41, 5.74) is 2.21. The molecule has 5 rings (SSSR count). The lowest BCUT2D eigenvalue weighted by Crippen LogP contribution is -2.25. The molecule has 0 radical (unpaired) electrons. The predicted octanol–water partition coefficient (Wildman–Crippen LogP) is 6.72. The van der Waals surface area contributed by atoms with Crippen LogP contribution in [-0.4, -0.2) is 14.1 Å². The molecule has 0 heterocycles. The third kappa shape index (κ3) is 3.88. The van der Waals surface area contributed by atoms with Gasteiger partial charge in [-0.1, -0.05) is 115 Å². The number of fused-ring (bicyclic) bond motifs is 1. The Bertz CT molecular complexity index is 1320. The third-order valence-electron chi connectivity index (χ3n) is 5.99. The van der Waals surface area contributed by atoms with Crippen molar-refractivity contribution in [2.75, 3.05) is 19.0 Å². The highest BCUT2D eigenvalue weighted by molar-refractivity contribution is 7.87. The first-order valence-corrected chi connectivity index (χ1v) is 12.9. The molecule has 3 heteroatoms. The van der Waals surface area contributed by atoms with Gasteiger partial charge in [-0.05, 0) is 17.5 Å². The molecule has 0 saturated heterocycles. The second-order valence-electron chi connectivity index (χ2n) is 8.29. The largest absolute Gasteiger partial charge is 0.377 e. The molecule has 0 unspecified atom stereocenters. The van der Waals surface area contributed by atoms with Gasteiger partial charge in [0.1, 0.15) is 0 Å². The van der Waals surface area contributed by atoms with Crippen LogP contribution in [0.25, 0.3) is 10.8 Å². The monoisotopic (exact) mass is 446 g/mol. The molecular weight excluding hydrogens is 419 g/mol. The summed E-state index contributed by atoms with van der Waals surface area (Å²) in [7, 11) is 1.87. The Labute approximate surface area is 196 Å². The second kappa shape index (κ2) is 9.10. The average Bonchev–Trinajstić information content (AvgIpc) is 2.88. The van der Waals surface area contributed by atoms with E-state index in [1.54, 1.807) is 0 Å². The SMILES string of the molecule is CN(C)c1cccc2cccc(N=P(c3ccccc3)(c3ccccc3)c3ccccc3)c12. The lowest BCUT2D eigenvalue weighted by Gasteiger charge is -2.27. The lowest BCUT2D eigenvalue weighted by molar-refractivity contribution is 1.14. The van der Waals surface area contributed by atoms with E-state index < -0.39 is 7.05 Å². The molecule has 0 spiro atoms. The van der Waals surface area contributed by atoms with Crippen molar-refractivity contribution in [2.24, 2.45) is 4.74 Å². The zero-order valence-electron chi connectivity index (χ0n) is 19.0. The van der Waals surface area contributed by atoms with Gasteiger partial charge in [-0.15, -0.1) is 0 Å². The Kier molecular flexibility index (Phi) is 5.86. The highest BCUT2D eigenvalue weighted by Crippen LogP contribution is 2.51. The maximum Gasteiger partial charge on any atom is 0.0724 e. The van der Waals surface area contributed by atoms with E-state index in [0.29, 0.717) is 0 Å². The lowest BCUT2D eigenvalue weighted by atomic mass is 10.1. The van der Waals surface area contributed by atoms with Crippen molar-refractivity contribution in [2.45, 2.75) is 0 Å². The fourth-order valence-electron chi connectivity index (χ4n) is 4.47. The van der Waals surface area contributed by atoms with Crippen LogP contribution in [0.2, 0.25) is 0 Å². The number of nitrogens with zero attached hydrogens (tertiary/aromatic N) is 2. The van der Waals surface area contributed by atoms with Crippen molar-refractivity contribution in [1.29, 1.82) is 0 Å². The summed E-state index contributed by atoms with van der Waals surface area (Å²) in [6.07, 6.45) is 0.